The standard InChI is InChI=1S/C23H26IN6OPS/c1-23(2,3)22-28-12-18(33-22)21(31)29-17-6-4-5-13-9-14(11-27-19(13)17)15-7-8-26-20(30-32-24)16(15)10-25/h7-12,17,25,32H,4-6H2,1-3H3,(H,26,30)(H,29,31). The monoisotopic (exact) mass is 592 g/mol. The van der Waals surface area contributed by atoms with Gasteiger partial charge in [-0.1, -0.05) is 20.8 Å². The van der Waals surface area contributed by atoms with Gasteiger partial charge < -0.3 is 15.8 Å². The topological polar surface area (TPSA) is 104 Å². The molecule has 2 unspecified atom stereocenters. The molecule has 1 aliphatic rings. The number of fused-ring (bicyclic) bond motifs is 1. The Kier molecular flexibility index (Phi) is 7.40. The summed E-state index contributed by atoms with van der Waals surface area (Å²) in [6.45, 7) is 6.29. The van der Waals surface area contributed by atoms with Crippen molar-refractivity contribution < 1.29 is 4.79 Å². The highest BCUT2D eigenvalue weighted by Crippen LogP contribution is 2.35. The summed E-state index contributed by atoms with van der Waals surface area (Å²) in [6.07, 6.45) is 9.84. The van der Waals surface area contributed by atoms with Crippen LogP contribution >= 0.6 is 39.8 Å². The predicted octanol–water partition coefficient (Wildman–Crippen LogP) is 6.06. The lowest BCUT2D eigenvalue weighted by molar-refractivity contribution is 0.0935. The highest BCUT2D eigenvalue weighted by molar-refractivity contribution is 14.2. The van der Waals surface area contributed by atoms with E-state index in [0.717, 1.165) is 52.2 Å². The molecule has 3 N–H and O–H groups in total. The van der Waals surface area contributed by atoms with Crippen molar-refractivity contribution in [2.24, 2.45) is 0 Å². The number of amides is 1. The number of aromatic nitrogens is 3. The number of carbonyl (C=O) groups excluding carboxylic acids is 1. The van der Waals surface area contributed by atoms with Gasteiger partial charge in [-0.3, -0.25) is 9.78 Å². The minimum absolute atomic E-state index is 0.0760. The van der Waals surface area contributed by atoms with E-state index in [4.69, 9.17) is 10.4 Å². The lowest BCUT2D eigenvalue weighted by Crippen LogP contribution is -2.31. The molecule has 0 spiro atoms. The first-order valence-corrected chi connectivity index (χ1v) is 15.6. The van der Waals surface area contributed by atoms with Crippen molar-refractivity contribution in [3.8, 4) is 11.1 Å². The van der Waals surface area contributed by atoms with E-state index in [1.807, 2.05) is 12.3 Å². The van der Waals surface area contributed by atoms with Crippen molar-refractivity contribution >= 4 is 57.7 Å². The summed E-state index contributed by atoms with van der Waals surface area (Å²) in [5.41, 5.74) is 4.63. The second kappa shape index (κ2) is 10.1. The van der Waals surface area contributed by atoms with Gasteiger partial charge in [-0.05, 0) is 64.6 Å². The minimum atomic E-state index is -0.118. The largest absolute Gasteiger partial charge is 0.343 e. The molecule has 0 saturated carbocycles. The van der Waals surface area contributed by atoms with Crippen LogP contribution < -0.4 is 10.4 Å². The van der Waals surface area contributed by atoms with E-state index in [2.05, 4.69) is 69.3 Å². The van der Waals surface area contributed by atoms with Gasteiger partial charge in [0.1, 0.15) is 10.7 Å². The van der Waals surface area contributed by atoms with Crippen LogP contribution in [0, 0.1) is 5.41 Å². The molecule has 0 fully saturated rings. The molecular formula is C23H26IN6OPS. The molecule has 10 heteroatoms. The van der Waals surface area contributed by atoms with Gasteiger partial charge in [0.2, 0.25) is 0 Å². The first-order valence-electron chi connectivity index (χ1n) is 10.7. The van der Waals surface area contributed by atoms with Gasteiger partial charge in [-0.2, -0.15) is 0 Å². The van der Waals surface area contributed by atoms with E-state index in [0.29, 0.717) is 17.1 Å². The van der Waals surface area contributed by atoms with Crippen LogP contribution in [0.1, 0.15) is 71.2 Å². The van der Waals surface area contributed by atoms with Crippen LogP contribution in [0.4, 0.5) is 5.82 Å². The number of thiazole rings is 1. The molecule has 33 heavy (non-hydrogen) atoms. The third-order valence-corrected chi connectivity index (χ3v) is 8.12. The van der Waals surface area contributed by atoms with Crippen LogP contribution in [-0.2, 0) is 11.8 Å². The fourth-order valence-corrected chi connectivity index (χ4v) is 5.86. The fraction of sp³-hybridized carbons (Fsp3) is 0.348. The number of carbonyl (C=O) groups is 1. The normalized spacial score (nSPS) is 15.9. The predicted molar refractivity (Wildman–Crippen MR) is 145 cm³/mol. The quantitative estimate of drug-likeness (QED) is 0.184. The van der Waals surface area contributed by atoms with Crippen molar-refractivity contribution in [2.75, 3.05) is 5.09 Å². The molecule has 0 aromatic carbocycles. The van der Waals surface area contributed by atoms with E-state index >= 15 is 0 Å². The Labute approximate surface area is 212 Å². The fourth-order valence-electron chi connectivity index (χ4n) is 3.93. The third-order valence-electron chi connectivity index (χ3n) is 5.56. The molecule has 1 amide bonds. The van der Waals surface area contributed by atoms with Gasteiger partial charge >= 0.3 is 0 Å². The van der Waals surface area contributed by atoms with Crippen LogP contribution in [0.25, 0.3) is 11.1 Å². The Morgan fingerprint density at radius 3 is 2.82 bits per heavy atom. The summed E-state index contributed by atoms with van der Waals surface area (Å²) in [7, 11) is 0. The Morgan fingerprint density at radius 1 is 1.30 bits per heavy atom. The number of hydrogen-bond acceptors (Lipinski definition) is 7. The van der Waals surface area contributed by atoms with Gasteiger partial charge in [-0.15, -0.1) is 11.3 Å². The number of rotatable bonds is 6. The molecule has 4 rings (SSSR count). The zero-order valence-electron chi connectivity index (χ0n) is 18.7. The smallest absolute Gasteiger partial charge is 0.263 e. The van der Waals surface area contributed by atoms with E-state index < -0.39 is 0 Å². The number of anilines is 1. The number of hydrogen-bond donors (Lipinski definition) is 3. The summed E-state index contributed by atoms with van der Waals surface area (Å²) < 4.78 is 0. The van der Waals surface area contributed by atoms with Gasteiger partial charge in [0.15, 0.2) is 0 Å². The molecular weight excluding hydrogens is 566 g/mol. The summed E-state index contributed by atoms with van der Waals surface area (Å²) >= 11 is 3.70. The summed E-state index contributed by atoms with van der Waals surface area (Å²) in [4.78, 5) is 27.1. The van der Waals surface area contributed by atoms with Crippen molar-refractivity contribution in [2.45, 2.75) is 51.5 Å². The number of nitrogens with zero attached hydrogens (tertiary/aromatic N) is 3. The van der Waals surface area contributed by atoms with Crippen LogP contribution in [0.2, 0.25) is 0 Å². The number of halogens is 1. The number of nitrogens with one attached hydrogen (secondary N) is 3. The van der Waals surface area contributed by atoms with E-state index in [1.165, 1.54) is 17.6 Å². The maximum absolute atomic E-state index is 12.9. The Balaban J connectivity index is 1.59. The molecule has 3 aromatic heterocycles. The Bertz CT molecular complexity index is 1190. The van der Waals surface area contributed by atoms with E-state index in [-0.39, 0.29) is 17.4 Å². The molecule has 1 aliphatic carbocycles. The van der Waals surface area contributed by atoms with Gasteiger partial charge in [0.05, 0.1) is 22.9 Å². The Morgan fingerprint density at radius 2 is 2.12 bits per heavy atom. The molecule has 0 aliphatic heterocycles. The highest BCUT2D eigenvalue weighted by Gasteiger charge is 2.26. The SMILES string of the molecule is CC(C)(C)c1ncc(C(=O)NC2CCCc3cc(-c4ccnc(NPI)c4C=N)cnc32)s1. The van der Waals surface area contributed by atoms with Gasteiger partial charge in [0.25, 0.3) is 5.91 Å². The first-order chi connectivity index (χ1) is 15.8. The molecule has 0 radical (unpaired) electrons. The summed E-state index contributed by atoms with van der Waals surface area (Å²) in [5, 5.41) is 15.3. The van der Waals surface area contributed by atoms with E-state index in [1.54, 1.807) is 12.4 Å². The maximum atomic E-state index is 12.9. The molecule has 3 heterocycles. The van der Waals surface area contributed by atoms with Crippen molar-refractivity contribution in [3.63, 3.8) is 0 Å². The van der Waals surface area contributed by atoms with Crippen LogP contribution in [0.3, 0.4) is 0 Å². The lowest BCUT2D eigenvalue weighted by atomic mass is 9.89. The zero-order valence-corrected chi connectivity index (χ0v) is 22.7. The van der Waals surface area contributed by atoms with E-state index in [9.17, 15) is 4.79 Å². The summed E-state index contributed by atoms with van der Waals surface area (Å²) in [5.74, 6) is 0.611. The zero-order chi connectivity index (χ0) is 23.6. The molecule has 2 atom stereocenters. The van der Waals surface area contributed by atoms with Crippen LogP contribution in [0.15, 0.2) is 30.7 Å². The molecule has 0 bridgehead atoms. The van der Waals surface area contributed by atoms with Crippen molar-refractivity contribution in [1.82, 2.24) is 20.3 Å². The van der Waals surface area contributed by atoms with Gasteiger partial charge in [-0.25, -0.2) is 9.97 Å². The number of pyridine rings is 2. The molecule has 0 saturated heterocycles. The van der Waals surface area contributed by atoms with Crippen LogP contribution in [-0.4, -0.2) is 27.1 Å². The highest BCUT2D eigenvalue weighted by atomic mass is 127. The third kappa shape index (κ3) is 5.25. The lowest BCUT2D eigenvalue weighted by Gasteiger charge is -2.26. The second-order valence-corrected chi connectivity index (χ2v) is 12.0. The van der Waals surface area contributed by atoms with Crippen LogP contribution in [0.5, 0.6) is 0 Å². The van der Waals surface area contributed by atoms with Crippen molar-refractivity contribution in [3.05, 3.63) is 57.4 Å². The van der Waals surface area contributed by atoms with Crippen molar-refractivity contribution in [1.29, 1.82) is 5.41 Å². The first kappa shape index (κ1) is 24.2. The second-order valence-electron chi connectivity index (χ2n) is 8.95. The number of aryl methyl sites for hydroxylation is 1. The molecule has 3 aromatic rings. The maximum Gasteiger partial charge on any atom is 0.263 e. The average Bonchev–Trinajstić information content (AvgIpc) is 3.30. The molecule has 172 valence electrons. The summed E-state index contributed by atoms with van der Waals surface area (Å²) in [6, 6.07) is 3.94. The minimum Gasteiger partial charge on any atom is -0.343 e. The Hall–Kier alpha value is -1.97. The van der Waals surface area contributed by atoms with Gasteiger partial charge in [0, 0.05) is 41.5 Å². The molecule has 7 nitrogen and oxygen atoms in total. The average molecular weight is 592 g/mol.